The zero-order chi connectivity index (χ0) is 20.1. The topological polar surface area (TPSA) is 77.2 Å². The number of carbonyl (C=O) groups excluding carboxylic acids is 1. The van der Waals surface area contributed by atoms with Crippen LogP contribution in [0.25, 0.3) is 0 Å². The minimum atomic E-state index is -0.413. The van der Waals surface area contributed by atoms with E-state index in [0.29, 0.717) is 16.6 Å². The number of hydrogen-bond donors (Lipinski definition) is 1. The van der Waals surface area contributed by atoms with Crippen molar-refractivity contribution in [3.05, 3.63) is 76.1 Å². The van der Waals surface area contributed by atoms with Crippen LogP contribution in [0.2, 0.25) is 0 Å². The van der Waals surface area contributed by atoms with Crippen LogP contribution in [0.5, 0.6) is 5.75 Å². The third kappa shape index (κ3) is 5.43. The standard InChI is InChI=1S/C19H14FN3O3S3/c20-12-3-5-13(6-4-12)25-10-14-7-8-16(26-14)17(24)21-18-22-23-19(29-18)28-11-15-2-1-9-27-15/h1-9H,10-11H2,(H,21,22,24). The monoisotopic (exact) mass is 447 g/mol. The largest absolute Gasteiger partial charge is 0.486 e. The Morgan fingerprint density at radius 2 is 2.03 bits per heavy atom. The van der Waals surface area contributed by atoms with Gasteiger partial charge in [-0.1, -0.05) is 29.2 Å². The van der Waals surface area contributed by atoms with Crippen LogP contribution in [0.1, 0.15) is 21.2 Å². The van der Waals surface area contributed by atoms with Crippen LogP contribution in [0.4, 0.5) is 9.52 Å². The average Bonchev–Trinajstić information content (AvgIpc) is 3.48. The number of hydrogen-bond acceptors (Lipinski definition) is 8. The summed E-state index contributed by atoms with van der Waals surface area (Å²) in [6.45, 7) is 0.126. The van der Waals surface area contributed by atoms with Gasteiger partial charge < -0.3 is 9.15 Å². The van der Waals surface area contributed by atoms with Crippen molar-refractivity contribution in [2.45, 2.75) is 16.7 Å². The van der Waals surface area contributed by atoms with Gasteiger partial charge in [0.2, 0.25) is 5.13 Å². The SMILES string of the molecule is O=C(Nc1nnc(SCc2cccs2)s1)c1ccc(COc2ccc(F)cc2)o1. The van der Waals surface area contributed by atoms with Gasteiger partial charge in [-0.15, -0.1) is 21.5 Å². The number of furan rings is 1. The second kappa shape index (κ2) is 9.21. The first-order valence-corrected chi connectivity index (χ1v) is 11.1. The summed E-state index contributed by atoms with van der Waals surface area (Å²) < 4.78 is 24.7. The van der Waals surface area contributed by atoms with E-state index in [1.165, 1.54) is 40.5 Å². The van der Waals surface area contributed by atoms with E-state index in [4.69, 9.17) is 9.15 Å². The molecule has 4 aromatic rings. The second-order valence-corrected chi connectivity index (χ2v) is 8.94. The summed E-state index contributed by atoms with van der Waals surface area (Å²) in [7, 11) is 0. The van der Waals surface area contributed by atoms with Crippen molar-refractivity contribution in [3.63, 3.8) is 0 Å². The number of carbonyl (C=O) groups is 1. The number of benzene rings is 1. The Labute approximate surface area is 177 Å². The fraction of sp³-hybridized carbons (Fsp3) is 0.105. The number of aromatic nitrogens is 2. The van der Waals surface area contributed by atoms with Gasteiger partial charge in [-0.25, -0.2) is 4.39 Å². The number of thiophene rings is 1. The second-order valence-electron chi connectivity index (χ2n) is 5.70. The third-order valence-corrected chi connectivity index (χ3v) is 6.71. The van der Waals surface area contributed by atoms with Crippen LogP contribution in [0.15, 0.2) is 62.7 Å². The predicted molar refractivity (Wildman–Crippen MR) is 111 cm³/mol. The van der Waals surface area contributed by atoms with Gasteiger partial charge in [0.25, 0.3) is 5.91 Å². The number of thioether (sulfide) groups is 1. The van der Waals surface area contributed by atoms with Crippen LogP contribution in [0.3, 0.4) is 0 Å². The van der Waals surface area contributed by atoms with E-state index < -0.39 is 5.91 Å². The molecule has 0 saturated heterocycles. The molecule has 0 bridgehead atoms. The van der Waals surface area contributed by atoms with Crippen molar-refractivity contribution >= 4 is 45.5 Å². The van der Waals surface area contributed by atoms with E-state index in [0.717, 1.165) is 10.1 Å². The molecular formula is C19H14FN3O3S3. The fourth-order valence-corrected chi connectivity index (χ4v) is 4.79. The molecular weight excluding hydrogens is 433 g/mol. The highest BCUT2D eigenvalue weighted by Gasteiger charge is 2.15. The molecule has 4 rings (SSSR count). The van der Waals surface area contributed by atoms with Crippen LogP contribution >= 0.6 is 34.4 Å². The Kier molecular flexibility index (Phi) is 6.23. The first-order chi connectivity index (χ1) is 14.2. The summed E-state index contributed by atoms with van der Waals surface area (Å²) in [6, 6.07) is 13.0. The lowest BCUT2D eigenvalue weighted by Crippen LogP contribution is -2.10. The Morgan fingerprint density at radius 3 is 2.83 bits per heavy atom. The quantitative estimate of drug-likeness (QED) is 0.286. The molecule has 0 atom stereocenters. The molecule has 1 aromatic carbocycles. The molecule has 0 aliphatic rings. The molecule has 0 aliphatic heterocycles. The van der Waals surface area contributed by atoms with Crippen molar-refractivity contribution in [2.75, 3.05) is 5.32 Å². The molecule has 0 radical (unpaired) electrons. The molecule has 6 nitrogen and oxygen atoms in total. The molecule has 0 spiro atoms. The van der Waals surface area contributed by atoms with Crippen molar-refractivity contribution in [2.24, 2.45) is 0 Å². The lowest BCUT2D eigenvalue weighted by atomic mass is 10.3. The maximum atomic E-state index is 12.9. The predicted octanol–water partition coefficient (Wildman–Crippen LogP) is 5.46. The Balaban J connectivity index is 1.29. The number of amides is 1. The zero-order valence-corrected chi connectivity index (χ0v) is 17.3. The lowest BCUT2D eigenvalue weighted by molar-refractivity contribution is 0.0992. The van der Waals surface area contributed by atoms with Crippen molar-refractivity contribution in [3.8, 4) is 5.75 Å². The van der Waals surface area contributed by atoms with Gasteiger partial charge in [0, 0.05) is 10.6 Å². The third-order valence-electron chi connectivity index (χ3n) is 3.63. The van der Waals surface area contributed by atoms with Crippen molar-refractivity contribution in [1.29, 1.82) is 0 Å². The molecule has 3 heterocycles. The van der Waals surface area contributed by atoms with E-state index >= 15 is 0 Å². The minimum absolute atomic E-state index is 0.126. The summed E-state index contributed by atoms with van der Waals surface area (Å²) in [5.41, 5.74) is 0. The summed E-state index contributed by atoms with van der Waals surface area (Å²) in [5.74, 6) is 1.20. The van der Waals surface area contributed by atoms with Crippen LogP contribution in [-0.2, 0) is 12.4 Å². The highest BCUT2D eigenvalue weighted by molar-refractivity contribution is 8.00. The van der Waals surface area contributed by atoms with E-state index in [1.807, 2.05) is 11.4 Å². The van der Waals surface area contributed by atoms with Crippen LogP contribution < -0.4 is 10.1 Å². The van der Waals surface area contributed by atoms with Gasteiger partial charge in [0.05, 0.1) is 0 Å². The Hall–Kier alpha value is -2.69. The minimum Gasteiger partial charge on any atom is -0.486 e. The molecule has 3 aromatic heterocycles. The first kappa shape index (κ1) is 19.6. The highest BCUT2D eigenvalue weighted by atomic mass is 32.2. The summed E-state index contributed by atoms with van der Waals surface area (Å²) in [4.78, 5) is 13.6. The van der Waals surface area contributed by atoms with Crippen LogP contribution in [0, 0.1) is 5.82 Å². The maximum Gasteiger partial charge on any atom is 0.293 e. The average molecular weight is 448 g/mol. The highest BCUT2D eigenvalue weighted by Crippen LogP contribution is 2.29. The zero-order valence-electron chi connectivity index (χ0n) is 14.8. The van der Waals surface area contributed by atoms with Gasteiger partial charge in [0.1, 0.15) is 23.9 Å². The number of nitrogens with one attached hydrogen (secondary N) is 1. The van der Waals surface area contributed by atoms with Gasteiger partial charge in [-0.05, 0) is 47.8 Å². The van der Waals surface area contributed by atoms with Gasteiger partial charge in [-0.3, -0.25) is 10.1 Å². The van der Waals surface area contributed by atoms with Gasteiger partial charge in [-0.2, -0.15) is 0 Å². The molecule has 10 heteroatoms. The van der Waals surface area contributed by atoms with E-state index in [9.17, 15) is 9.18 Å². The number of anilines is 1. The molecule has 0 unspecified atom stereocenters. The Morgan fingerprint density at radius 1 is 1.17 bits per heavy atom. The van der Waals surface area contributed by atoms with Gasteiger partial charge >= 0.3 is 0 Å². The normalized spacial score (nSPS) is 10.8. The fourth-order valence-electron chi connectivity index (χ4n) is 2.27. The number of ether oxygens (including phenoxy) is 1. The molecule has 1 amide bonds. The molecule has 0 fully saturated rings. The van der Waals surface area contributed by atoms with E-state index in [-0.39, 0.29) is 18.2 Å². The van der Waals surface area contributed by atoms with Crippen molar-refractivity contribution < 1.29 is 18.3 Å². The number of nitrogens with zero attached hydrogens (tertiary/aromatic N) is 2. The van der Waals surface area contributed by atoms with Crippen LogP contribution in [-0.4, -0.2) is 16.1 Å². The lowest BCUT2D eigenvalue weighted by Gasteiger charge is -2.03. The summed E-state index contributed by atoms with van der Waals surface area (Å²) in [5, 5.41) is 13.2. The number of halogens is 1. The molecule has 148 valence electrons. The first-order valence-electron chi connectivity index (χ1n) is 8.43. The Bertz CT molecular complexity index is 1080. The number of rotatable bonds is 8. The van der Waals surface area contributed by atoms with E-state index in [1.54, 1.807) is 35.2 Å². The molecule has 0 saturated carbocycles. The summed E-state index contributed by atoms with van der Waals surface area (Å²) in [6.07, 6.45) is 0. The smallest absolute Gasteiger partial charge is 0.293 e. The molecule has 1 N–H and O–H groups in total. The molecule has 0 aliphatic carbocycles. The maximum absolute atomic E-state index is 12.9. The molecule has 29 heavy (non-hydrogen) atoms. The van der Waals surface area contributed by atoms with E-state index in [2.05, 4.69) is 21.6 Å². The van der Waals surface area contributed by atoms with Gasteiger partial charge in [0.15, 0.2) is 10.1 Å². The van der Waals surface area contributed by atoms with Crippen molar-refractivity contribution in [1.82, 2.24) is 10.2 Å². The summed E-state index contributed by atoms with van der Waals surface area (Å²) >= 11 is 4.57.